The minimum atomic E-state index is -0.385. The first kappa shape index (κ1) is 12.3. The largest absolute Gasteiger partial charge is 0.388 e. The van der Waals surface area contributed by atoms with Crippen LogP contribution in [0.5, 0.6) is 0 Å². The lowest BCUT2D eigenvalue weighted by molar-refractivity contribution is 0.163. The van der Waals surface area contributed by atoms with Gasteiger partial charge in [-0.1, -0.05) is 6.07 Å². The molecule has 0 aromatic carbocycles. The maximum atomic E-state index is 10.1. The molecule has 2 nitrogen and oxygen atoms in total. The van der Waals surface area contributed by atoms with Crippen molar-refractivity contribution < 1.29 is 5.11 Å². The minimum Gasteiger partial charge on any atom is -0.388 e. The monoisotopic (exact) mass is 247 g/mol. The van der Waals surface area contributed by atoms with E-state index in [1.165, 1.54) is 4.88 Å². The van der Waals surface area contributed by atoms with Gasteiger partial charge in [0.05, 0.1) is 6.10 Å². The molecule has 0 saturated carbocycles. The lowest BCUT2D eigenvalue weighted by Gasteiger charge is -2.12. The predicted octanol–water partition coefficient (Wildman–Crippen LogP) is 3.51. The molecule has 2 aromatic heterocycles. The van der Waals surface area contributed by atoms with Crippen LogP contribution in [0.15, 0.2) is 36.0 Å². The zero-order valence-electron chi connectivity index (χ0n) is 9.97. The molecule has 90 valence electrons. The van der Waals surface area contributed by atoms with Crippen molar-refractivity contribution in [2.24, 2.45) is 0 Å². The number of aliphatic hydroxyl groups excluding tert-OH is 1. The Hall–Kier alpha value is -1.19. The Kier molecular flexibility index (Phi) is 4.29. The summed E-state index contributed by atoms with van der Waals surface area (Å²) >= 11 is 1.78. The Morgan fingerprint density at radius 2 is 2.29 bits per heavy atom. The number of thiophene rings is 1. The topological polar surface area (TPSA) is 33.1 Å². The van der Waals surface area contributed by atoms with Gasteiger partial charge < -0.3 is 5.11 Å². The van der Waals surface area contributed by atoms with E-state index in [-0.39, 0.29) is 6.10 Å². The van der Waals surface area contributed by atoms with Crippen molar-refractivity contribution in [3.05, 3.63) is 52.0 Å². The van der Waals surface area contributed by atoms with Gasteiger partial charge in [0.25, 0.3) is 0 Å². The van der Waals surface area contributed by atoms with Crippen LogP contribution < -0.4 is 0 Å². The zero-order chi connectivity index (χ0) is 12.1. The van der Waals surface area contributed by atoms with E-state index < -0.39 is 0 Å². The zero-order valence-corrected chi connectivity index (χ0v) is 10.8. The summed E-state index contributed by atoms with van der Waals surface area (Å²) in [6, 6.07) is 6.16. The second-order valence-corrected chi connectivity index (χ2v) is 5.25. The van der Waals surface area contributed by atoms with E-state index in [1.54, 1.807) is 23.7 Å². The number of aryl methyl sites for hydroxylation is 2. The Bertz CT molecular complexity index is 453. The summed E-state index contributed by atoms with van der Waals surface area (Å²) in [5, 5.41) is 12.2. The van der Waals surface area contributed by atoms with Gasteiger partial charge in [0.1, 0.15) is 0 Å². The van der Waals surface area contributed by atoms with Crippen molar-refractivity contribution in [1.82, 2.24) is 4.98 Å². The van der Waals surface area contributed by atoms with Gasteiger partial charge in [0.2, 0.25) is 0 Å². The second-order valence-electron chi connectivity index (χ2n) is 4.22. The van der Waals surface area contributed by atoms with E-state index in [2.05, 4.69) is 22.5 Å². The van der Waals surface area contributed by atoms with Crippen LogP contribution in [0.1, 0.15) is 34.9 Å². The molecule has 2 heterocycles. The SMILES string of the molecule is Cc1ccncc1C(O)CCCc1cccs1. The Morgan fingerprint density at radius 3 is 3.00 bits per heavy atom. The van der Waals surface area contributed by atoms with E-state index in [0.29, 0.717) is 0 Å². The van der Waals surface area contributed by atoms with E-state index >= 15 is 0 Å². The van der Waals surface area contributed by atoms with Gasteiger partial charge in [-0.15, -0.1) is 11.3 Å². The van der Waals surface area contributed by atoms with Crippen molar-refractivity contribution in [3.63, 3.8) is 0 Å². The van der Waals surface area contributed by atoms with E-state index in [4.69, 9.17) is 0 Å². The first-order valence-electron chi connectivity index (χ1n) is 5.88. The van der Waals surface area contributed by atoms with Crippen molar-refractivity contribution in [1.29, 1.82) is 0 Å². The normalized spacial score (nSPS) is 12.6. The predicted molar refractivity (Wildman–Crippen MR) is 71.2 cm³/mol. The molecule has 0 radical (unpaired) electrons. The third-order valence-corrected chi connectivity index (χ3v) is 3.86. The van der Waals surface area contributed by atoms with Gasteiger partial charge in [0.15, 0.2) is 0 Å². The number of aliphatic hydroxyl groups is 1. The third kappa shape index (κ3) is 3.38. The fourth-order valence-electron chi connectivity index (χ4n) is 1.91. The summed E-state index contributed by atoms with van der Waals surface area (Å²) in [6.07, 6.45) is 6.00. The van der Waals surface area contributed by atoms with E-state index in [1.807, 2.05) is 13.0 Å². The molecule has 1 unspecified atom stereocenters. The van der Waals surface area contributed by atoms with Gasteiger partial charge in [-0.2, -0.15) is 0 Å². The van der Waals surface area contributed by atoms with Gasteiger partial charge in [-0.3, -0.25) is 4.98 Å². The van der Waals surface area contributed by atoms with Crippen LogP contribution in [0.3, 0.4) is 0 Å². The highest BCUT2D eigenvalue weighted by Crippen LogP contribution is 2.22. The van der Waals surface area contributed by atoms with Gasteiger partial charge in [-0.05, 0) is 49.3 Å². The number of hydrogen-bond donors (Lipinski definition) is 1. The van der Waals surface area contributed by atoms with Gasteiger partial charge in [-0.25, -0.2) is 0 Å². The molecule has 1 atom stereocenters. The highest BCUT2D eigenvalue weighted by molar-refractivity contribution is 7.09. The molecule has 17 heavy (non-hydrogen) atoms. The van der Waals surface area contributed by atoms with Crippen LogP contribution in [0.4, 0.5) is 0 Å². The van der Waals surface area contributed by atoms with E-state index in [0.717, 1.165) is 30.4 Å². The van der Waals surface area contributed by atoms with Crippen LogP contribution in [0.2, 0.25) is 0 Å². The molecule has 0 aliphatic carbocycles. The average Bonchev–Trinajstić information content (AvgIpc) is 2.82. The molecule has 1 N–H and O–H groups in total. The lowest BCUT2D eigenvalue weighted by Crippen LogP contribution is -2.01. The second kappa shape index (κ2) is 5.94. The first-order chi connectivity index (χ1) is 8.27. The fourth-order valence-corrected chi connectivity index (χ4v) is 2.66. The van der Waals surface area contributed by atoms with Crippen LogP contribution in [0, 0.1) is 6.92 Å². The Labute approximate surface area is 106 Å². The number of pyridine rings is 1. The maximum absolute atomic E-state index is 10.1. The van der Waals surface area contributed by atoms with Gasteiger partial charge in [0, 0.05) is 22.8 Å². The third-order valence-electron chi connectivity index (χ3n) is 2.92. The molecule has 0 aliphatic rings. The lowest BCUT2D eigenvalue weighted by atomic mass is 10.0. The number of hydrogen-bond acceptors (Lipinski definition) is 3. The molecular formula is C14H17NOS. The summed E-state index contributed by atoms with van der Waals surface area (Å²) < 4.78 is 0. The minimum absolute atomic E-state index is 0.385. The molecule has 0 amide bonds. The maximum Gasteiger partial charge on any atom is 0.0807 e. The van der Waals surface area contributed by atoms with Crippen molar-refractivity contribution in [3.8, 4) is 0 Å². The molecule has 0 spiro atoms. The number of rotatable bonds is 5. The molecule has 3 heteroatoms. The number of nitrogens with zero attached hydrogens (tertiary/aromatic N) is 1. The van der Waals surface area contributed by atoms with Crippen LogP contribution in [-0.2, 0) is 6.42 Å². The summed E-state index contributed by atoms with van der Waals surface area (Å²) in [6.45, 7) is 2.01. The first-order valence-corrected chi connectivity index (χ1v) is 6.76. The summed E-state index contributed by atoms with van der Waals surface area (Å²) in [7, 11) is 0. The standard InChI is InChI=1S/C14H17NOS/c1-11-7-8-15-10-13(11)14(16)6-2-4-12-5-3-9-17-12/h3,5,7-10,14,16H,2,4,6H2,1H3. The molecular weight excluding hydrogens is 230 g/mol. The van der Waals surface area contributed by atoms with E-state index in [9.17, 15) is 5.11 Å². The highest BCUT2D eigenvalue weighted by atomic mass is 32.1. The fraction of sp³-hybridized carbons (Fsp3) is 0.357. The Balaban J connectivity index is 1.85. The average molecular weight is 247 g/mol. The van der Waals surface area contributed by atoms with Crippen LogP contribution >= 0.6 is 11.3 Å². The molecule has 0 saturated heterocycles. The molecule has 0 aliphatic heterocycles. The quantitative estimate of drug-likeness (QED) is 0.877. The van der Waals surface area contributed by atoms with Crippen molar-refractivity contribution in [2.75, 3.05) is 0 Å². The summed E-state index contributed by atoms with van der Waals surface area (Å²) in [5.41, 5.74) is 2.07. The van der Waals surface area contributed by atoms with Crippen LogP contribution in [0.25, 0.3) is 0 Å². The number of aromatic nitrogens is 1. The molecule has 2 rings (SSSR count). The highest BCUT2D eigenvalue weighted by Gasteiger charge is 2.10. The Morgan fingerprint density at radius 1 is 1.41 bits per heavy atom. The molecule has 0 fully saturated rings. The molecule has 0 bridgehead atoms. The van der Waals surface area contributed by atoms with Crippen LogP contribution in [-0.4, -0.2) is 10.1 Å². The van der Waals surface area contributed by atoms with Gasteiger partial charge >= 0.3 is 0 Å². The smallest absolute Gasteiger partial charge is 0.0807 e. The summed E-state index contributed by atoms with van der Waals surface area (Å²) in [4.78, 5) is 5.46. The van der Waals surface area contributed by atoms with Crippen molar-refractivity contribution >= 4 is 11.3 Å². The molecule has 2 aromatic rings. The van der Waals surface area contributed by atoms with Crippen molar-refractivity contribution in [2.45, 2.75) is 32.3 Å². The summed E-state index contributed by atoms with van der Waals surface area (Å²) in [5.74, 6) is 0.